The average molecular weight is 397 g/mol. The number of morpholine rings is 1. The SMILES string of the molecule is CCCCS(=O)(=O)N1CC[C@@]2(COCc3cnc(N4CCOCC4)nc32)C1. The van der Waals surface area contributed by atoms with Crippen LogP contribution in [0.3, 0.4) is 0 Å². The van der Waals surface area contributed by atoms with Gasteiger partial charge in [-0.05, 0) is 12.8 Å². The lowest BCUT2D eigenvalue weighted by molar-refractivity contribution is 0.0530. The summed E-state index contributed by atoms with van der Waals surface area (Å²) >= 11 is 0. The molecular formula is C18H28N4O4S. The molecule has 0 bridgehead atoms. The summed E-state index contributed by atoms with van der Waals surface area (Å²) in [4.78, 5) is 11.6. The number of hydrogen-bond donors (Lipinski definition) is 0. The van der Waals surface area contributed by atoms with Crippen molar-refractivity contribution in [3.05, 3.63) is 17.5 Å². The fourth-order valence-electron chi connectivity index (χ4n) is 4.14. The van der Waals surface area contributed by atoms with Gasteiger partial charge in [-0.3, -0.25) is 0 Å². The summed E-state index contributed by atoms with van der Waals surface area (Å²) in [6.07, 6.45) is 4.16. The number of ether oxygens (including phenoxy) is 2. The molecule has 9 heteroatoms. The Morgan fingerprint density at radius 1 is 1.22 bits per heavy atom. The summed E-state index contributed by atoms with van der Waals surface area (Å²) < 4.78 is 38.2. The van der Waals surface area contributed by atoms with Gasteiger partial charge in [-0.15, -0.1) is 0 Å². The highest BCUT2D eigenvalue weighted by Crippen LogP contribution is 2.40. The van der Waals surface area contributed by atoms with Gasteiger partial charge in [0.15, 0.2) is 0 Å². The molecule has 0 N–H and O–H groups in total. The lowest BCUT2D eigenvalue weighted by atomic mass is 9.81. The Balaban J connectivity index is 1.60. The molecule has 1 spiro atoms. The van der Waals surface area contributed by atoms with Crippen LogP contribution < -0.4 is 4.90 Å². The lowest BCUT2D eigenvalue weighted by Crippen LogP contribution is -2.43. The van der Waals surface area contributed by atoms with Crippen molar-refractivity contribution in [2.75, 3.05) is 56.7 Å². The Bertz CT molecular complexity index is 782. The van der Waals surface area contributed by atoms with E-state index in [1.54, 1.807) is 4.31 Å². The van der Waals surface area contributed by atoms with E-state index in [0.29, 0.717) is 51.9 Å². The summed E-state index contributed by atoms with van der Waals surface area (Å²) in [6, 6.07) is 0. The summed E-state index contributed by atoms with van der Waals surface area (Å²) in [5, 5.41) is 0. The molecule has 3 aliphatic rings. The van der Waals surface area contributed by atoms with Gasteiger partial charge in [-0.2, -0.15) is 0 Å². The maximum absolute atomic E-state index is 12.7. The summed E-state index contributed by atoms with van der Waals surface area (Å²) in [5.41, 5.74) is 1.58. The first kappa shape index (κ1) is 19.0. The minimum absolute atomic E-state index is 0.218. The van der Waals surface area contributed by atoms with E-state index < -0.39 is 10.0 Å². The van der Waals surface area contributed by atoms with E-state index in [0.717, 1.165) is 37.2 Å². The molecule has 3 aliphatic heterocycles. The van der Waals surface area contributed by atoms with Crippen LogP contribution in [-0.4, -0.2) is 74.4 Å². The lowest BCUT2D eigenvalue weighted by Gasteiger charge is -2.35. The van der Waals surface area contributed by atoms with Gasteiger partial charge in [-0.25, -0.2) is 22.7 Å². The number of fused-ring (bicyclic) bond motifs is 2. The van der Waals surface area contributed by atoms with Gasteiger partial charge in [0.2, 0.25) is 16.0 Å². The predicted octanol–water partition coefficient (Wildman–Crippen LogP) is 0.917. The fraction of sp³-hybridized carbons (Fsp3) is 0.778. The first-order valence-electron chi connectivity index (χ1n) is 9.79. The van der Waals surface area contributed by atoms with Crippen molar-refractivity contribution in [1.29, 1.82) is 0 Å². The van der Waals surface area contributed by atoms with E-state index in [4.69, 9.17) is 14.5 Å². The fourth-order valence-corrected chi connectivity index (χ4v) is 5.87. The van der Waals surface area contributed by atoms with Crippen molar-refractivity contribution in [1.82, 2.24) is 14.3 Å². The van der Waals surface area contributed by atoms with Gasteiger partial charge in [-0.1, -0.05) is 13.3 Å². The van der Waals surface area contributed by atoms with Gasteiger partial charge < -0.3 is 14.4 Å². The maximum atomic E-state index is 12.7. The van der Waals surface area contributed by atoms with E-state index in [9.17, 15) is 8.42 Å². The zero-order chi connectivity index (χ0) is 18.9. The second-order valence-electron chi connectivity index (χ2n) is 7.67. The number of anilines is 1. The quantitative estimate of drug-likeness (QED) is 0.731. The maximum Gasteiger partial charge on any atom is 0.225 e. The highest BCUT2D eigenvalue weighted by molar-refractivity contribution is 7.89. The van der Waals surface area contributed by atoms with Gasteiger partial charge in [0.1, 0.15) is 0 Å². The van der Waals surface area contributed by atoms with Crippen molar-refractivity contribution in [3.8, 4) is 0 Å². The van der Waals surface area contributed by atoms with Gasteiger partial charge in [0.25, 0.3) is 0 Å². The van der Waals surface area contributed by atoms with Crippen LogP contribution in [-0.2, 0) is 31.5 Å². The van der Waals surface area contributed by atoms with Crippen LogP contribution in [0.5, 0.6) is 0 Å². The van der Waals surface area contributed by atoms with Crippen molar-refractivity contribution >= 4 is 16.0 Å². The van der Waals surface area contributed by atoms with Crippen LogP contribution in [0.1, 0.15) is 37.4 Å². The summed E-state index contributed by atoms with van der Waals surface area (Å²) in [6.45, 7) is 6.91. The predicted molar refractivity (Wildman–Crippen MR) is 101 cm³/mol. The van der Waals surface area contributed by atoms with Crippen LogP contribution in [0.2, 0.25) is 0 Å². The molecule has 0 radical (unpaired) electrons. The van der Waals surface area contributed by atoms with Crippen LogP contribution in [0.15, 0.2) is 6.20 Å². The van der Waals surface area contributed by atoms with Crippen LogP contribution in [0, 0.1) is 0 Å². The summed E-state index contributed by atoms with van der Waals surface area (Å²) in [5.74, 6) is 0.932. The molecule has 0 amide bonds. The van der Waals surface area contributed by atoms with E-state index in [2.05, 4.69) is 9.88 Å². The van der Waals surface area contributed by atoms with E-state index in [1.807, 2.05) is 13.1 Å². The Morgan fingerprint density at radius 2 is 2.04 bits per heavy atom. The first-order valence-corrected chi connectivity index (χ1v) is 11.4. The van der Waals surface area contributed by atoms with Crippen molar-refractivity contribution in [2.24, 2.45) is 0 Å². The molecule has 8 nitrogen and oxygen atoms in total. The highest BCUT2D eigenvalue weighted by atomic mass is 32.2. The van der Waals surface area contributed by atoms with Crippen LogP contribution in [0.4, 0.5) is 5.95 Å². The Labute approximate surface area is 160 Å². The van der Waals surface area contributed by atoms with Crippen LogP contribution in [0.25, 0.3) is 0 Å². The minimum Gasteiger partial charge on any atom is -0.378 e. The zero-order valence-electron chi connectivity index (χ0n) is 15.9. The number of hydrogen-bond acceptors (Lipinski definition) is 7. The van der Waals surface area contributed by atoms with E-state index in [-0.39, 0.29) is 11.2 Å². The number of unbranched alkanes of at least 4 members (excludes halogenated alkanes) is 1. The number of nitrogens with zero attached hydrogens (tertiary/aromatic N) is 4. The molecule has 4 rings (SSSR count). The largest absolute Gasteiger partial charge is 0.378 e. The third-order valence-corrected chi connectivity index (χ3v) is 7.66. The first-order chi connectivity index (χ1) is 13.0. The number of rotatable bonds is 5. The van der Waals surface area contributed by atoms with Gasteiger partial charge in [0.05, 0.1) is 43.3 Å². The number of aromatic nitrogens is 2. The van der Waals surface area contributed by atoms with Crippen molar-refractivity contribution < 1.29 is 17.9 Å². The second kappa shape index (κ2) is 7.62. The highest BCUT2D eigenvalue weighted by Gasteiger charge is 2.48. The van der Waals surface area contributed by atoms with Crippen molar-refractivity contribution in [3.63, 3.8) is 0 Å². The zero-order valence-corrected chi connectivity index (χ0v) is 16.7. The van der Waals surface area contributed by atoms with Crippen molar-refractivity contribution in [2.45, 2.75) is 38.2 Å². The molecule has 0 aromatic carbocycles. The second-order valence-corrected chi connectivity index (χ2v) is 9.76. The standard InChI is InChI=1S/C18H28N4O4S/c1-2-3-10-27(23,24)22-5-4-18(13-22)14-26-12-15-11-19-17(20-16(15)18)21-6-8-25-9-7-21/h11H,2-10,12-14H2,1H3/t18-/m0/s1. The molecule has 4 heterocycles. The van der Waals surface area contributed by atoms with Gasteiger partial charge in [0, 0.05) is 37.9 Å². The third kappa shape index (κ3) is 3.70. The van der Waals surface area contributed by atoms with E-state index in [1.165, 1.54) is 0 Å². The minimum atomic E-state index is -3.22. The molecule has 0 aliphatic carbocycles. The molecule has 1 atom stereocenters. The Kier molecular flexibility index (Phi) is 5.37. The average Bonchev–Trinajstić information content (AvgIpc) is 3.13. The molecule has 27 heavy (non-hydrogen) atoms. The topological polar surface area (TPSA) is 84.9 Å². The molecule has 2 fully saturated rings. The van der Waals surface area contributed by atoms with Gasteiger partial charge >= 0.3 is 0 Å². The molecular weight excluding hydrogens is 368 g/mol. The normalized spacial score (nSPS) is 26.5. The van der Waals surface area contributed by atoms with E-state index >= 15 is 0 Å². The summed E-state index contributed by atoms with van der Waals surface area (Å²) in [7, 11) is -3.22. The van der Waals surface area contributed by atoms with Crippen LogP contribution >= 0.6 is 0 Å². The third-order valence-electron chi connectivity index (χ3n) is 5.75. The molecule has 0 unspecified atom stereocenters. The molecule has 0 saturated carbocycles. The monoisotopic (exact) mass is 396 g/mol. The Hall–Kier alpha value is -1.29. The molecule has 150 valence electrons. The Morgan fingerprint density at radius 3 is 2.81 bits per heavy atom. The molecule has 1 aromatic rings. The smallest absolute Gasteiger partial charge is 0.225 e. The molecule has 2 saturated heterocycles. The molecule has 1 aromatic heterocycles. The number of sulfonamides is 1.